The number of ether oxygens (including phenoxy) is 4. The van der Waals surface area contributed by atoms with Gasteiger partial charge in [0.1, 0.15) is 12.2 Å². The van der Waals surface area contributed by atoms with Gasteiger partial charge in [0, 0.05) is 6.04 Å². The van der Waals surface area contributed by atoms with Crippen LogP contribution >= 0.6 is 19.2 Å². The number of nitrogens with zero attached hydrogens (tertiary/aromatic N) is 4. The van der Waals surface area contributed by atoms with E-state index < -0.39 is 56.5 Å². The van der Waals surface area contributed by atoms with Gasteiger partial charge in [0.15, 0.2) is 11.9 Å². The molecule has 0 amide bonds. The van der Waals surface area contributed by atoms with Crippen LogP contribution in [0.5, 0.6) is 0 Å². The number of esters is 2. The number of anilines is 1. The molecule has 1 saturated heterocycles. The fourth-order valence-electron chi connectivity index (χ4n) is 4.63. The lowest BCUT2D eigenvalue weighted by Gasteiger charge is -2.22. The van der Waals surface area contributed by atoms with Gasteiger partial charge in [-0.2, -0.15) is 15.1 Å². The van der Waals surface area contributed by atoms with Crippen LogP contribution in [0.3, 0.4) is 0 Å². The van der Waals surface area contributed by atoms with E-state index in [0.717, 1.165) is 18.2 Å². The number of hydrogen-bond acceptors (Lipinski definition) is 13. The Morgan fingerprint density at radius 2 is 1.61 bits per heavy atom. The van der Waals surface area contributed by atoms with Crippen molar-refractivity contribution in [3.8, 4) is 0 Å². The Balaban J connectivity index is 1.33. The van der Waals surface area contributed by atoms with E-state index in [1.165, 1.54) is 12.8 Å². The quantitative estimate of drug-likeness (QED) is 0.119. The second kappa shape index (κ2) is 14.4. The van der Waals surface area contributed by atoms with E-state index in [9.17, 15) is 14.2 Å². The number of nitrogens with one attached hydrogen (secondary N) is 1. The molecule has 44 heavy (non-hydrogen) atoms. The Bertz CT molecular complexity index is 1320. The van der Waals surface area contributed by atoms with Gasteiger partial charge in [0.25, 0.3) is 0 Å². The average Bonchev–Trinajstić information content (AvgIpc) is 3.69. The summed E-state index contributed by atoms with van der Waals surface area (Å²) < 4.78 is 47.7. The number of hydrogen-bond donors (Lipinski definition) is 1. The summed E-state index contributed by atoms with van der Waals surface area (Å²) in [5, 5.41) is 8.88. The minimum atomic E-state index is -4.00. The van der Waals surface area contributed by atoms with Gasteiger partial charge in [-0.1, -0.05) is 12.8 Å². The molecule has 1 saturated carbocycles. The van der Waals surface area contributed by atoms with E-state index in [2.05, 4.69) is 20.4 Å². The highest BCUT2D eigenvalue weighted by Crippen LogP contribution is 2.48. The molecule has 0 radical (unpaired) electrons. The molecule has 2 aliphatic rings. The van der Waals surface area contributed by atoms with Gasteiger partial charge in [-0.05, 0) is 78.8 Å². The van der Waals surface area contributed by atoms with E-state index >= 15 is 0 Å². The minimum absolute atomic E-state index is 0.0696. The van der Waals surface area contributed by atoms with Crippen LogP contribution in [0.4, 0.5) is 5.82 Å². The maximum Gasteiger partial charge on any atom is 0.361 e. The van der Waals surface area contributed by atoms with E-state index in [4.69, 9.17) is 39.6 Å². The molecule has 14 nitrogen and oxygen atoms in total. The minimum Gasteiger partial charge on any atom is -0.438 e. The van der Waals surface area contributed by atoms with Crippen molar-refractivity contribution in [3.05, 3.63) is 11.5 Å². The molecule has 4 rings (SSSR count). The van der Waals surface area contributed by atoms with Crippen molar-refractivity contribution in [2.24, 2.45) is 10.8 Å². The first kappa shape index (κ1) is 34.5. The highest BCUT2D eigenvalue weighted by atomic mass is 35.5. The van der Waals surface area contributed by atoms with Gasteiger partial charge in [0.2, 0.25) is 18.9 Å². The Morgan fingerprint density at radius 1 is 1.00 bits per heavy atom. The number of rotatable bonds is 13. The molecule has 1 aliphatic carbocycles. The predicted octanol–water partition coefficient (Wildman–Crippen LogP) is 5.81. The summed E-state index contributed by atoms with van der Waals surface area (Å²) in [6.07, 6.45) is 6.25. The molecule has 2 fully saturated rings. The van der Waals surface area contributed by atoms with Crippen molar-refractivity contribution in [1.29, 1.82) is 0 Å². The van der Waals surface area contributed by atoms with Gasteiger partial charge in [0.05, 0.1) is 35.1 Å². The number of fused-ring (bicyclic) bond motifs is 1. The highest BCUT2D eigenvalue weighted by molar-refractivity contribution is 7.53. The van der Waals surface area contributed by atoms with Crippen molar-refractivity contribution in [1.82, 2.24) is 19.7 Å². The van der Waals surface area contributed by atoms with Gasteiger partial charge in [-0.3, -0.25) is 23.2 Å². The molecule has 0 unspecified atom stereocenters. The van der Waals surface area contributed by atoms with Crippen LogP contribution in [-0.2, 0) is 42.1 Å². The molecular formula is C28H43ClN5O9P. The molecule has 0 spiro atoms. The molecule has 0 aromatic carbocycles. The van der Waals surface area contributed by atoms with Crippen LogP contribution in [0, 0.1) is 10.8 Å². The lowest BCUT2D eigenvalue weighted by molar-refractivity contribution is -0.162. The van der Waals surface area contributed by atoms with E-state index in [1.54, 1.807) is 52.4 Å². The maximum atomic E-state index is 13.4. The summed E-state index contributed by atoms with van der Waals surface area (Å²) in [5.74, 6) is -0.435. The summed E-state index contributed by atoms with van der Waals surface area (Å²) in [6, 6.07) is 0.344. The van der Waals surface area contributed by atoms with E-state index in [0.29, 0.717) is 30.3 Å². The van der Waals surface area contributed by atoms with Crippen molar-refractivity contribution in [2.75, 3.05) is 31.9 Å². The van der Waals surface area contributed by atoms with Crippen LogP contribution in [0.1, 0.15) is 86.3 Å². The number of halogens is 1. The molecule has 2 aromatic rings. The first-order chi connectivity index (χ1) is 20.6. The largest absolute Gasteiger partial charge is 0.438 e. The van der Waals surface area contributed by atoms with Gasteiger partial charge >= 0.3 is 19.5 Å². The fraction of sp³-hybridized carbons (Fsp3) is 0.750. The average molecular weight is 660 g/mol. The molecule has 1 N–H and O–H groups in total. The third kappa shape index (κ3) is 9.34. The normalized spacial score (nSPS) is 19.9. The fourth-order valence-corrected chi connectivity index (χ4v) is 5.78. The van der Waals surface area contributed by atoms with Crippen molar-refractivity contribution in [2.45, 2.75) is 98.4 Å². The zero-order valence-electron chi connectivity index (χ0n) is 26.2. The maximum absolute atomic E-state index is 13.4. The van der Waals surface area contributed by atoms with Crippen LogP contribution in [-0.4, -0.2) is 70.4 Å². The number of carbonyl (C=O) groups is 2. The van der Waals surface area contributed by atoms with Crippen molar-refractivity contribution in [3.63, 3.8) is 0 Å². The zero-order chi connectivity index (χ0) is 32.1. The Kier molecular flexibility index (Phi) is 11.3. The number of aromatic nitrogens is 4. The van der Waals surface area contributed by atoms with Crippen LogP contribution in [0.25, 0.3) is 11.0 Å². The van der Waals surface area contributed by atoms with E-state index in [1.807, 2.05) is 0 Å². The molecule has 3 heterocycles. The topological polar surface area (TPSA) is 162 Å². The monoisotopic (exact) mass is 659 g/mol. The Hall–Kier alpha value is -2.35. The Morgan fingerprint density at radius 3 is 2.20 bits per heavy atom. The number of carbonyl (C=O) groups excluding carboxylic acids is 2. The molecule has 246 valence electrons. The molecule has 16 heteroatoms. The second-order valence-corrected chi connectivity index (χ2v) is 15.4. The van der Waals surface area contributed by atoms with Crippen molar-refractivity contribution < 1.29 is 42.1 Å². The summed E-state index contributed by atoms with van der Waals surface area (Å²) >= 11 is 6.27. The van der Waals surface area contributed by atoms with Crippen LogP contribution < -0.4 is 5.32 Å². The van der Waals surface area contributed by atoms with E-state index in [-0.39, 0.29) is 18.0 Å². The van der Waals surface area contributed by atoms with Crippen LogP contribution in [0.15, 0.2) is 6.20 Å². The summed E-state index contributed by atoms with van der Waals surface area (Å²) in [4.78, 5) is 33.0. The lowest BCUT2D eigenvalue weighted by atomic mass is 9.98. The smallest absolute Gasteiger partial charge is 0.361 e. The Labute approximate surface area is 262 Å². The second-order valence-electron chi connectivity index (χ2n) is 13.1. The summed E-state index contributed by atoms with van der Waals surface area (Å²) in [6.45, 7) is 8.88. The van der Waals surface area contributed by atoms with Crippen molar-refractivity contribution >= 4 is 48.0 Å². The zero-order valence-corrected chi connectivity index (χ0v) is 27.8. The summed E-state index contributed by atoms with van der Waals surface area (Å²) in [7, 11) is -4.00. The third-order valence-electron chi connectivity index (χ3n) is 7.14. The molecule has 0 bridgehead atoms. The third-order valence-corrected chi connectivity index (χ3v) is 8.80. The van der Waals surface area contributed by atoms with Gasteiger partial charge in [-0.25, -0.2) is 4.68 Å². The van der Waals surface area contributed by atoms with Crippen LogP contribution in [0.2, 0.25) is 5.28 Å². The lowest BCUT2D eigenvalue weighted by Crippen LogP contribution is -2.25. The predicted molar refractivity (Wildman–Crippen MR) is 161 cm³/mol. The first-order valence-corrected chi connectivity index (χ1v) is 16.9. The highest BCUT2D eigenvalue weighted by Gasteiger charge is 2.33. The molecule has 2 atom stereocenters. The first-order valence-electron chi connectivity index (χ1n) is 14.8. The SMILES string of the molecule is CC(C)(C)C(=O)OCOP(=O)(COC[C@@H]1CC[C@H](n2ncc3c(NC4CCCC4)nc(Cl)nc32)O1)OCOC(=O)C(C)(C)C. The standard InChI is InChI=1S/C28H43ClN5O9P/c1-27(2,3)24(35)39-15-41-44(37,42-16-40-25(36)28(4,5)6)17-38-14-19-11-12-21(43-19)34-23-20(13-30-34)22(32-26(29)33-23)31-18-9-7-8-10-18/h13,18-19,21H,7-12,14-17H2,1-6H3,(H,31,32,33)/t19-,21+/m0/s1. The molecule has 2 aromatic heterocycles. The molecular weight excluding hydrogens is 617 g/mol. The summed E-state index contributed by atoms with van der Waals surface area (Å²) in [5.41, 5.74) is -0.999. The van der Waals surface area contributed by atoms with Gasteiger partial charge < -0.3 is 24.3 Å². The molecule has 1 aliphatic heterocycles. The van der Waals surface area contributed by atoms with Gasteiger partial charge in [-0.15, -0.1) is 0 Å².